The van der Waals surface area contributed by atoms with Crippen LogP contribution in [0, 0.1) is 0 Å². The summed E-state index contributed by atoms with van der Waals surface area (Å²) >= 11 is 1.37. The Hall–Kier alpha value is -1.76. The van der Waals surface area contributed by atoms with Gasteiger partial charge in [-0.25, -0.2) is 9.78 Å². The highest BCUT2D eigenvalue weighted by molar-refractivity contribution is 7.98. The summed E-state index contributed by atoms with van der Waals surface area (Å²) in [7, 11) is 0. The fourth-order valence-electron chi connectivity index (χ4n) is 0.745. The van der Waals surface area contributed by atoms with Crippen molar-refractivity contribution < 1.29 is 9.63 Å². The Morgan fingerprint density at radius 3 is 3.06 bits per heavy atom. The third-order valence-electron chi connectivity index (χ3n) is 1.53. The molecule has 1 rings (SSSR count). The molecule has 7 heteroatoms. The van der Waals surface area contributed by atoms with Gasteiger partial charge in [0.1, 0.15) is 11.4 Å². The van der Waals surface area contributed by atoms with Gasteiger partial charge in [-0.05, 0) is 13.2 Å². The molecule has 0 aliphatic rings. The summed E-state index contributed by atoms with van der Waals surface area (Å²) in [6.45, 7) is 4.91. The van der Waals surface area contributed by atoms with Gasteiger partial charge in [0.25, 0.3) is 0 Å². The molecule has 0 amide bonds. The summed E-state index contributed by atoms with van der Waals surface area (Å²) in [5.41, 5.74) is 0.955. The van der Waals surface area contributed by atoms with Crippen molar-refractivity contribution in [2.75, 3.05) is 6.26 Å². The molecule has 0 saturated carbocycles. The smallest absolute Gasteiger partial charge is 0.313 e. The largest absolute Gasteiger partial charge is 0.358 e. The number of rotatable bonds is 4. The van der Waals surface area contributed by atoms with Gasteiger partial charge in [-0.1, -0.05) is 23.5 Å². The van der Waals surface area contributed by atoms with E-state index < -0.39 is 5.97 Å². The summed E-state index contributed by atoms with van der Waals surface area (Å²) in [4.78, 5) is 19.4. The maximum absolute atomic E-state index is 10.8. The zero-order valence-corrected chi connectivity index (χ0v) is 9.69. The molecular weight excluding hydrogens is 228 g/mol. The molecule has 6 nitrogen and oxygen atoms in total. The molecule has 0 aromatic carbocycles. The van der Waals surface area contributed by atoms with Crippen LogP contribution in [0.5, 0.6) is 0 Å². The molecular formula is C9H10N4O2S. The molecule has 0 spiro atoms. The molecule has 0 saturated heterocycles. The molecule has 0 N–H and O–H groups in total. The van der Waals surface area contributed by atoms with Gasteiger partial charge in [0.2, 0.25) is 5.16 Å². The number of oxime groups is 1. The van der Waals surface area contributed by atoms with Crippen molar-refractivity contribution in [1.29, 1.82) is 0 Å². The highest BCUT2D eigenvalue weighted by atomic mass is 32.2. The molecule has 16 heavy (non-hydrogen) atoms. The van der Waals surface area contributed by atoms with E-state index in [9.17, 15) is 4.79 Å². The van der Waals surface area contributed by atoms with Crippen LogP contribution >= 0.6 is 11.8 Å². The number of aromatic nitrogens is 3. The van der Waals surface area contributed by atoms with Crippen LogP contribution in [0.25, 0.3) is 0 Å². The van der Waals surface area contributed by atoms with Gasteiger partial charge in [-0.15, -0.1) is 5.10 Å². The predicted molar refractivity (Wildman–Crippen MR) is 60.1 cm³/mol. The second-order valence-electron chi connectivity index (χ2n) is 2.62. The summed E-state index contributed by atoms with van der Waals surface area (Å²) in [5.74, 6) is -0.619. The Morgan fingerprint density at radius 2 is 2.44 bits per heavy atom. The van der Waals surface area contributed by atoms with Crippen molar-refractivity contribution in [2.45, 2.75) is 12.1 Å². The average Bonchev–Trinajstić information content (AvgIpc) is 2.35. The van der Waals surface area contributed by atoms with Crippen molar-refractivity contribution in [3.8, 4) is 0 Å². The first-order chi connectivity index (χ1) is 7.67. The van der Waals surface area contributed by atoms with Gasteiger partial charge in [-0.3, -0.25) is 0 Å². The van der Waals surface area contributed by atoms with Gasteiger partial charge >= 0.3 is 5.97 Å². The van der Waals surface area contributed by atoms with Crippen LogP contribution in [0.15, 0.2) is 29.2 Å². The number of hydrogen-bond donors (Lipinski definition) is 0. The van der Waals surface area contributed by atoms with Gasteiger partial charge in [0.05, 0.1) is 6.20 Å². The number of carbonyl (C=O) groups excluding carboxylic acids is 1. The molecule has 0 unspecified atom stereocenters. The maximum Gasteiger partial charge on any atom is 0.358 e. The molecule has 1 heterocycles. The normalized spacial score (nSPS) is 11.0. The van der Waals surface area contributed by atoms with Crippen LogP contribution in [0.1, 0.15) is 12.6 Å². The predicted octanol–water partition coefficient (Wildman–Crippen LogP) is 1.05. The molecule has 0 aliphatic heterocycles. The fraction of sp³-hybridized carbons (Fsp3) is 0.222. The Labute approximate surface area is 96.8 Å². The first-order valence-electron chi connectivity index (χ1n) is 4.29. The lowest BCUT2D eigenvalue weighted by Crippen LogP contribution is -2.05. The zero-order chi connectivity index (χ0) is 12.0. The lowest BCUT2D eigenvalue weighted by Gasteiger charge is -1.99. The minimum Gasteiger partial charge on any atom is -0.313 e. The van der Waals surface area contributed by atoms with Crippen LogP contribution in [-0.2, 0) is 9.63 Å². The van der Waals surface area contributed by atoms with Crippen LogP contribution in [0.2, 0.25) is 0 Å². The quantitative estimate of drug-likeness (QED) is 0.256. The first kappa shape index (κ1) is 12.3. The molecule has 1 aromatic rings. The third-order valence-corrected chi connectivity index (χ3v) is 2.07. The Bertz CT molecular complexity index is 433. The summed E-state index contributed by atoms with van der Waals surface area (Å²) < 4.78 is 0. The summed E-state index contributed by atoms with van der Waals surface area (Å²) in [6, 6.07) is 0. The van der Waals surface area contributed by atoms with Crippen molar-refractivity contribution in [2.24, 2.45) is 5.16 Å². The number of thioether (sulfide) groups is 1. The van der Waals surface area contributed by atoms with E-state index >= 15 is 0 Å². The number of carbonyl (C=O) groups is 1. The van der Waals surface area contributed by atoms with Crippen LogP contribution in [-0.4, -0.2) is 33.1 Å². The van der Waals surface area contributed by atoms with E-state index in [0.29, 0.717) is 16.6 Å². The van der Waals surface area contributed by atoms with Crippen molar-refractivity contribution >= 4 is 23.4 Å². The molecule has 0 radical (unpaired) electrons. The third kappa shape index (κ3) is 3.43. The Morgan fingerprint density at radius 1 is 1.69 bits per heavy atom. The second kappa shape index (κ2) is 5.96. The van der Waals surface area contributed by atoms with Crippen molar-refractivity contribution in [1.82, 2.24) is 15.2 Å². The second-order valence-corrected chi connectivity index (χ2v) is 3.39. The topological polar surface area (TPSA) is 77.3 Å². The van der Waals surface area contributed by atoms with Crippen molar-refractivity contribution in [3.63, 3.8) is 0 Å². The first-order valence-corrected chi connectivity index (χ1v) is 5.52. The standard InChI is InChI=1S/C9H10N4O2S/c1-4-8(14)15-13-6(2)7-5-10-12-9(11-7)16-3/h4-5H,1H2,2-3H3/b13-6+. The minimum absolute atomic E-state index is 0.445. The lowest BCUT2D eigenvalue weighted by molar-refractivity contribution is -0.137. The molecule has 0 bridgehead atoms. The highest BCUT2D eigenvalue weighted by Gasteiger charge is 2.04. The van der Waals surface area contributed by atoms with Gasteiger partial charge < -0.3 is 4.84 Å². The van der Waals surface area contributed by atoms with Crippen LogP contribution in [0.3, 0.4) is 0 Å². The summed E-state index contributed by atoms with van der Waals surface area (Å²) in [5, 5.41) is 11.7. The van der Waals surface area contributed by atoms with Gasteiger partial charge in [0, 0.05) is 6.08 Å². The van der Waals surface area contributed by atoms with Crippen LogP contribution in [0.4, 0.5) is 0 Å². The lowest BCUT2D eigenvalue weighted by atomic mass is 10.3. The maximum atomic E-state index is 10.8. The highest BCUT2D eigenvalue weighted by Crippen LogP contribution is 2.06. The molecule has 0 aliphatic carbocycles. The summed E-state index contributed by atoms with van der Waals surface area (Å²) in [6.07, 6.45) is 4.31. The van der Waals surface area contributed by atoms with E-state index in [1.165, 1.54) is 18.0 Å². The SMILES string of the molecule is C=CC(=O)O/N=C(\C)c1cnnc(SC)n1. The zero-order valence-electron chi connectivity index (χ0n) is 8.88. The van der Waals surface area contributed by atoms with E-state index in [1.54, 1.807) is 6.92 Å². The molecule has 0 fully saturated rings. The minimum atomic E-state index is -0.619. The van der Waals surface area contributed by atoms with E-state index in [1.807, 2.05) is 6.26 Å². The number of nitrogens with zero attached hydrogens (tertiary/aromatic N) is 4. The average molecular weight is 238 g/mol. The number of hydrogen-bond acceptors (Lipinski definition) is 7. The van der Waals surface area contributed by atoms with Crippen molar-refractivity contribution in [3.05, 3.63) is 24.5 Å². The molecule has 84 valence electrons. The molecule has 0 atom stereocenters. The fourth-order valence-corrected chi connectivity index (χ4v) is 1.06. The van der Waals surface area contributed by atoms with E-state index in [4.69, 9.17) is 0 Å². The van der Waals surface area contributed by atoms with E-state index in [0.717, 1.165) is 6.08 Å². The van der Waals surface area contributed by atoms with E-state index in [2.05, 4.69) is 31.8 Å². The Kier molecular flexibility index (Phi) is 4.59. The Balaban J connectivity index is 2.82. The van der Waals surface area contributed by atoms with Gasteiger partial charge in [-0.2, -0.15) is 5.10 Å². The monoisotopic (exact) mass is 238 g/mol. The molecule has 1 aromatic heterocycles. The van der Waals surface area contributed by atoms with Gasteiger partial charge in [0.15, 0.2) is 0 Å². The van der Waals surface area contributed by atoms with E-state index in [-0.39, 0.29) is 0 Å². The van der Waals surface area contributed by atoms with Crippen LogP contribution < -0.4 is 0 Å².